The van der Waals surface area contributed by atoms with E-state index in [1.165, 1.54) is 24.6 Å². The average molecular weight is 476 g/mol. The second-order valence-electron chi connectivity index (χ2n) is 9.11. The molecule has 0 unspecified atom stereocenters. The first-order chi connectivity index (χ1) is 16.8. The predicted molar refractivity (Wildman–Crippen MR) is 133 cm³/mol. The predicted octanol–water partition coefficient (Wildman–Crippen LogP) is 7.49. The van der Waals surface area contributed by atoms with E-state index >= 15 is 0 Å². The molecule has 180 valence electrons. The molecule has 1 aliphatic rings. The highest BCUT2D eigenvalue weighted by molar-refractivity contribution is 5.79. The number of hydrogen-bond acceptors (Lipinski definition) is 3. The van der Waals surface area contributed by atoms with Gasteiger partial charge in [-0.2, -0.15) is 18.4 Å². The number of piperidine rings is 1. The topological polar surface area (TPSA) is 39.9 Å². The van der Waals surface area contributed by atoms with Gasteiger partial charge in [0.1, 0.15) is 6.07 Å². The quantitative estimate of drug-likeness (QED) is 0.384. The van der Waals surface area contributed by atoms with Crippen molar-refractivity contribution in [3.63, 3.8) is 0 Å². The SMILES string of the molecule is Cc1cc(/C=C/c2nccc(-c3ccccc3)c2C#N)c(C(F)(F)F)cc1CN1CCCC[C@H]1C. The standard InChI is InChI=1S/C29H28F3N3/c1-20-16-23(27(29(30,31)32)17-24(20)19-35-15-7-6-8-21(35)2)11-12-28-26(18-33)25(13-14-34-28)22-9-4-3-5-10-22/h3-5,9-14,16-17,21H,6-8,15,19H2,1-2H3/b12-11+/t21-/m1/s1. The first-order valence-electron chi connectivity index (χ1n) is 11.9. The summed E-state index contributed by atoms with van der Waals surface area (Å²) in [7, 11) is 0. The lowest BCUT2D eigenvalue weighted by Gasteiger charge is -2.34. The second-order valence-corrected chi connectivity index (χ2v) is 9.11. The summed E-state index contributed by atoms with van der Waals surface area (Å²) in [6.07, 6.45) is 3.31. The van der Waals surface area contributed by atoms with E-state index in [-0.39, 0.29) is 5.56 Å². The van der Waals surface area contributed by atoms with E-state index in [0.29, 0.717) is 35.0 Å². The fourth-order valence-corrected chi connectivity index (χ4v) is 4.69. The smallest absolute Gasteiger partial charge is 0.296 e. The van der Waals surface area contributed by atoms with Gasteiger partial charge in [0.15, 0.2) is 0 Å². The highest BCUT2D eigenvalue weighted by atomic mass is 19.4. The van der Waals surface area contributed by atoms with E-state index in [0.717, 1.165) is 30.5 Å². The molecule has 2 aromatic carbocycles. The Morgan fingerprint density at radius 3 is 2.57 bits per heavy atom. The number of likely N-dealkylation sites (tertiary alicyclic amines) is 1. The molecular weight excluding hydrogens is 447 g/mol. The van der Waals surface area contributed by atoms with Gasteiger partial charge in [0.05, 0.1) is 16.8 Å². The van der Waals surface area contributed by atoms with Gasteiger partial charge in [-0.3, -0.25) is 9.88 Å². The molecule has 0 saturated carbocycles. The molecule has 3 nitrogen and oxygen atoms in total. The van der Waals surface area contributed by atoms with Gasteiger partial charge in [0.25, 0.3) is 0 Å². The average Bonchev–Trinajstić information content (AvgIpc) is 2.84. The summed E-state index contributed by atoms with van der Waals surface area (Å²) in [5, 5.41) is 9.79. The van der Waals surface area contributed by atoms with Crippen LogP contribution in [0.1, 0.15) is 59.7 Å². The monoisotopic (exact) mass is 475 g/mol. The summed E-state index contributed by atoms with van der Waals surface area (Å²) in [6.45, 7) is 5.42. The zero-order valence-electron chi connectivity index (χ0n) is 19.9. The minimum Gasteiger partial charge on any atom is -0.296 e. The number of halogens is 3. The zero-order valence-corrected chi connectivity index (χ0v) is 19.9. The lowest BCUT2D eigenvalue weighted by atomic mass is 9.95. The van der Waals surface area contributed by atoms with E-state index in [2.05, 4.69) is 22.9 Å². The molecule has 0 N–H and O–H groups in total. The number of alkyl halides is 3. The fraction of sp³-hybridized carbons (Fsp3) is 0.310. The van der Waals surface area contributed by atoms with E-state index in [1.807, 2.05) is 37.3 Å². The molecule has 6 heteroatoms. The van der Waals surface area contributed by atoms with Gasteiger partial charge in [0, 0.05) is 24.3 Å². The molecular formula is C29H28F3N3. The van der Waals surface area contributed by atoms with Crippen molar-refractivity contribution in [1.82, 2.24) is 9.88 Å². The van der Waals surface area contributed by atoms with Crippen LogP contribution in [-0.4, -0.2) is 22.5 Å². The maximum atomic E-state index is 14.1. The molecule has 3 aromatic rings. The lowest BCUT2D eigenvalue weighted by molar-refractivity contribution is -0.137. The van der Waals surface area contributed by atoms with Crippen LogP contribution in [0.25, 0.3) is 23.3 Å². The number of benzene rings is 2. The minimum atomic E-state index is -4.49. The van der Waals surface area contributed by atoms with Crippen LogP contribution in [0.2, 0.25) is 0 Å². The van der Waals surface area contributed by atoms with Gasteiger partial charge >= 0.3 is 6.18 Å². The van der Waals surface area contributed by atoms with Crippen LogP contribution >= 0.6 is 0 Å². The number of hydrogen-bond donors (Lipinski definition) is 0. The Morgan fingerprint density at radius 2 is 1.89 bits per heavy atom. The number of aryl methyl sites for hydroxylation is 1. The van der Waals surface area contributed by atoms with Crippen molar-refractivity contribution < 1.29 is 13.2 Å². The third-order valence-corrected chi connectivity index (χ3v) is 6.73. The number of rotatable bonds is 5. The van der Waals surface area contributed by atoms with Gasteiger partial charge in [0.2, 0.25) is 0 Å². The third kappa shape index (κ3) is 5.63. The molecule has 1 fully saturated rings. The molecule has 1 atom stereocenters. The first-order valence-corrected chi connectivity index (χ1v) is 11.9. The van der Waals surface area contributed by atoms with Crippen LogP contribution in [0.15, 0.2) is 54.7 Å². The van der Waals surface area contributed by atoms with E-state index in [9.17, 15) is 18.4 Å². The maximum Gasteiger partial charge on any atom is 0.416 e. The van der Waals surface area contributed by atoms with Crippen LogP contribution in [0.5, 0.6) is 0 Å². The molecule has 1 aliphatic heterocycles. The van der Waals surface area contributed by atoms with Crippen LogP contribution in [0.4, 0.5) is 13.2 Å². The Morgan fingerprint density at radius 1 is 1.11 bits per heavy atom. The van der Waals surface area contributed by atoms with Crippen molar-refractivity contribution in [2.24, 2.45) is 0 Å². The van der Waals surface area contributed by atoms with Crippen molar-refractivity contribution in [2.45, 2.75) is 51.9 Å². The summed E-state index contributed by atoms with van der Waals surface area (Å²) < 4.78 is 42.2. The van der Waals surface area contributed by atoms with Crippen molar-refractivity contribution in [3.8, 4) is 17.2 Å². The van der Waals surface area contributed by atoms with Crippen molar-refractivity contribution in [3.05, 3.63) is 88.2 Å². The van der Waals surface area contributed by atoms with Gasteiger partial charge in [-0.25, -0.2) is 0 Å². The van der Waals surface area contributed by atoms with Crippen molar-refractivity contribution in [2.75, 3.05) is 6.54 Å². The molecule has 0 bridgehead atoms. The van der Waals surface area contributed by atoms with Crippen LogP contribution in [0, 0.1) is 18.3 Å². The van der Waals surface area contributed by atoms with E-state index in [1.54, 1.807) is 18.3 Å². The Bertz CT molecular complexity index is 1260. The Kier molecular flexibility index (Phi) is 7.37. The molecule has 1 saturated heterocycles. The maximum absolute atomic E-state index is 14.1. The summed E-state index contributed by atoms with van der Waals surface area (Å²) >= 11 is 0. The number of aromatic nitrogens is 1. The molecule has 0 aliphatic carbocycles. The summed E-state index contributed by atoms with van der Waals surface area (Å²) in [5.74, 6) is 0. The van der Waals surface area contributed by atoms with Gasteiger partial charge < -0.3 is 0 Å². The van der Waals surface area contributed by atoms with Crippen molar-refractivity contribution in [1.29, 1.82) is 5.26 Å². The van der Waals surface area contributed by atoms with Gasteiger partial charge in [-0.05, 0) is 73.7 Å². The normalized spacial score (nSPS) is 17.0. The molecule has 1 aromatic heterocycles. The molecule has 4 rings (SSSR count). The van der Waals surface area contributed by atoms with Crippen LogP contribution in [-0.2, 0) is 12.7 Å². The fourth-order valence-electron chi connectivity index (χ4n) is 4.69. The molecule has 2 heterocycles. The molecule has 0 spiro atoms. The van der Waals surface area contributed by atoms with Crippen LogP contribution in [0.3, 0.4) is 0 Å². The third-order valence-electron chi connectivity index (χ3n) is 6.73. The highest BCUT2D eigenvalue weighted by Crippen LogP contribution is 2.36. The molecule has 35 heavy (non-hydrogen) atoms. The highest BCUT2D eigenvalue weighted by Gasteiger charge is 2.34. The Hall–Kier alpha value is -3.43. The van der Waals surface area contributed by atoms with Gasteiger partial charge in [-0.15, -0.1) is 0 Å². The van der Waals surface area contributed by atoms with Gasteiger partial charge in [-0.1, -0.05) is 48.9 Å². The second kappa shape index (κ2) is 10.5. The minimum absolute atomic E-state index is 0.0706. The van der Waals surface area contributed by atoms with E-state index < -0.39 is 11.7 Å². The van der Waals surface area contributed by atoms with Crippen molar-refractivity contribution >= 4 is 12.2 Å². The first kappa shape index (κ1) is 24.7. The lowest BCUT2D eigenvalue weighted by Crippen LogP contribution is -2.37. The summed E-state index contributed by atoms with van der Waals surface area (Å²) in [5.41, 5.74) is 3.14. The van der Waals surface area contributed by atoms with E-state index in [4.69, 9.17) is 0 Å². The number of nitriles is 1. The Labute approximate surface area is 204 Å². The number of pyridine rings is 1. The van der Waals surface area contributed by atoms with Crippen LogP contribution < -0.4 is 0 Å². The zero-order chi connectivity index (χ0) is 25.0. The number of nitrogens with zero attached hydrogens (tertiary/aromatic N) is 3. The molecule has 0 radical (unpaired) electrons. The largest absolute Gasteiger partial charge is 0.416 e. The summed E-state index contributed by atoms with van der Waals surface area (Å²) in [4.78, 5) is 6.53. The molecule has 0 amide bonds. The summed E-state index contributed by atoms with van der Waals surface area (Å²) in [6, 6.07) is 16.6. The Balaban J connectivity index is 1.71.